The van der Waals surface area contributed by atoms with Crippen LogP contribution in [0.2, 0.25) is 0 Å². The summed E-state index contributed by atoms with van der Waals surface area (Å²) < 4.78 is 5.39. The molecule has 0 bridgehead atoms. The minimum absolute atomic E-state index is 0.350. The van der Waals surface area contributed by atoms with Gasteiger partial charge in [0.15, 0.2) is 0 Å². The van der Waals surface area contributed by atoms with Gasteiger partial charge in [-0.05, 0) is 86.9 Å². The van der Waals surface area contributed by atoms with Crippen molar-refractivity contribution in [2.45, 2.75) is 44.6 Å². The highest BCUT2D eigenvalue weighted by atomic mass is 16.5. The lowest BCUT2D eigenvalue weighted by molar-refractivity contribution is -0.139. The van der Waals surface area contributed by atoms with Crippen LogP contribution in [0.3, 0.4) is 0 Å². The van der Waals surface area contributed by atoms with Gasteiger partial charge < -0.3 is 30.3 Å². The number of rotatable bonds is 10. The molecule has 2 aromatic rings. The number of nitrogens with zero attached hydrogens (tertiary/aromatic N) is 3. The highest BCUT2D eigenvalue weighted by Gasteiger charge is 2.26. The molecule has 9 heteroatoms. The third kappa shape index (κ3) is 6.82. The fourth-order valence-corrected chi connectivity index (χ4v) is 5.67. The van der Waals surface area contributed by atoms with Crippen LogP contribution in [0.4, 0.5) is 11.5 Å². The predicted molar refractivity (Wildman–Crippen MR) is 147 cm³/mol. The third-order valence-electron chi connectivity index (χ3n) is 7.97. The van der Waals surface area contributed by atoms with E-state index in [0.717, 1.165) is 75.6 Å². The molecule has 0 saturated carbocycles. The Labute approximate surface area is 224 Å². The van der Waals surface area contributed by atoms with Gasteiger partial charge in [-0.2, -0.15) is 0 Å². The zero-order valence-corrected chi connectivity index (χ0v) is 22.0. The maximum absolute atomic E-state index is 12.8. The van der Waals surface area contributed by atoms with E-state index in [0.29, 0.717) is 37.7 Å². The molecule has 0 radical (unpaired) electrons. The van der Waals surface area contributed by atoms with E-state index in [1.54, 1.807) is 12.1 Å². The van der Waals surface area contributed by atoms with Gasteiger partial charge in [-0.25, -0.2) is 9.78 Å². The molecule has 2 atom stereocenters. The number of morpholine rings is 1. The Bertz CT molecular complexity index is 1100. The summed E-state index contributed by atoms with van der Waals surface area (Å²) in [5, 5.41) is 15.9. The number of aryl methyl sites for hydroxylation is 2. The van der Waals surface area contributed by atoms with E-state index in [4.69, 9.17) is 9.72 Å². The minimum Gasteiger partial charge on any atom is -0.480 e. The van der Waals surface area contributed by atoms with E-state index in [-0.39, 0.29) is 5.91 Å². The molecule has 5 rings (SSSR count). The number of hydrogen-bond acceptors (Lipinski definition) is 7. The van der Waals surface area contributed by atoms with Crippen molar-refractivity contribution in [2.75, 3.05) is 62.7 Å². The molecule has 9 nitrogen and oxygen atoms in total. The molecule has 1 amide bonds. The van der Waals surface area contributed by atoms with Gasteiger partial charge in [0.05, 0.1) is 13.2 Å². The Kier molecular flexibility index (Phi) is 8.75. The molecule has 0 spiro atoms. The van der Waals surface area contributed by atoms with Crippen molar-refractivity contribution in [3.63, 3.8) is 0 Å². The lowest BCUT2D eigenvalue weighted by Gasteiger charge is -2.28. The maximum Gasteiger partial charge on any atom is 0.326 e. The average molecular weight is 522 g/mol. The Balaban J connectivity index is 1.06. The van der Waals surface area contributed by atoms with Gasteiger partial charge in [-0.1, -0.05) is 6.07 Å². The van der Waals surface area contributed by atoms with Crippen molar-refractivity contribution in [1.82, 2.24) is 15.2 Å². The van der Waals surface area contributed by atoms with E-state index in [1.807, 2.05) is 12.1 Å². The minimum atomic E-state index is -0.994. The molecule has 1 aromatic carbocycles. The second-order valence-electron chi connectivity index (χ2n) is 10.6. The fraction of sp³-hybridized carbons (Fsp3) is 0.552. The molecule has 2 fully saturated rings. The van der Waals surface area contributed by atoms with Crippen molar-refractivity contribution >= 4 is 23.4 Å². The Hall–Kier alpha value is -3.17. The number of carbonyl (C=O) groups excluding carboxylic acids is 1. The zero-order valence-electron chi connectivity index (χ0n) is 22.0. The van der Waals surface area contributed by atoms with Crippen LogP contribution in [0.1, 0.15) is 47.3 Å². The summed E-state index contributed by atoms with van der Waals surface area (Å²) >= 11 is 0. The van der Waals surface area contributed by atoms with Crippen LogP contribution in [-0.2, 0) is 22.4 Å². The predicted octanol–water partition coefficient (Wildman–Crippen LogP) is 2.80. The van der Waals surface area contributed by atoms with Gasteiger partial charge in [-0.15, -0.1) is 0 Å². The van der Waals surface area contributed by atoms with Gasteiger partial charge in [-0.3, -0.25) is 4.79 Å². The summed E-state index contributed by atoms with van der Waals surface area (Å²) in [6.07, 6.45) is 5.82. The van der Waals surface area contributed by atoms with Crippen molar-refractivity contribution < 1.29 is 19.4 Å². The number of amides is 1. The van der Waals surface area contributed by atoms with Crippen molar-refractivity contribution in [2.24, 2.45) is 5.92 Å². The molecule has 4 heterocycles. The molecular formula is C29H39N5O4. The van der Waals surface area contributed by atoms with Crippen LogP contribution in [0.25, 0.3) is 0 Å². The lowest BCUT2D eigenvalue weighted by atomic mass is 10.00. The molecule has 38 heavy (non-hydrogen) atoms. The van der Waals surface area contributed by atoms with Gasteiger partial charge >= 0.3 is 5.97 Å². The summed E-state index contributed by atoms with van der Waals surface area (Å²) in [7, 11) is 0. The normalized spacial score (nSPS) is 20.4. The number of aliphatic carboxylic acids is 1. The van der Waals surface area contributed by atoms with Crippen LogP contribution >= 0.6 is 0 Å². The third-order valence-corrected chi connectivity index (χ3v) is 7.97. The summed E-state index contributed by atoms with van der Waals surface area (Å²) in [5.74, 6) is 0.295. The first kappa shape index (κ1) is 26.4. The number of aromatic nitrogens is 1. The quantitative estimate of drug-likeness (QED) is 0.438. The molecule has 204 valence electrons. The van der Waals surface area contributed by atoms with Crippen LogP contribution in [0, 0.1) is 5.92 Å². The average Bonchev–Trinajstić information content (AvgIpc) is 3.42. The van der Waals surface area contributed by atoms with Gasteiger partial charge in [0.2, 0.25) is 0 Å². The number of hydrogen-bond donors (Lipinski definition) is 3. The first-order valence-electron chi connectivity index (χ1n) is 14.0. The smallest absolute Gasteiger partial charge is 0.326 e. The number of anilines is 2. The lowest BCUT2D eigenvalue weighted by Crippen LogP contribution is -2.43. The van der Waals surface area contributed by atoms with E-state index in [1.165, 1.54) is 12.0 Å². The molecule has 2 saturated heterocycles. The van der Waals surface area contributed by atoms with Crippen molar-refractivity contribution in [3.05, 3.63) is 53.2 Å². The summed E-state index contributed by atoms with van der Waals surface area (Å²) in [6.45, 7) is 6.64. The first-order chi connectivity index (χ1) is 18.5. The summed E-state index contributed by atoms with van der Waals surface area (Å²) in [5.41, 5.74) is 3.98. The standard InChI is InChI=1S/C29H39N5O4/c35-28(23-5-9-25(10-6-23)34-16-18-38-19-17-34)32-26(29(36)37)12-15-33-14-11-21(20-33)3-7-24-8-4-22-2-1-13-30-27(22)31-24/h4-6,8-10,21,26H,1-3,7,11-20H2,(H,30,31)(H,32,35)(H,36,37)/t21-,26?/m0/s1. The number of likely N-dealkylation sites (tertiary alicyclic amines) is 1. The largest absolute Gasteiger partial charge is 0.480 e. The van der Waals surface area contributed by atoms with Crippen LogP contribution in [0.15, 0.2) is 36.4 Å². The number of pyridine rings is 1. The van der Waals surface area contributed by atoms with Gasteiger partial charge in [0.1, 0.15) is 11.9 Å². The topological polar surface area (TPSA) is 107 Å². The Morgan fingerprint density at radius 3 is 2.74 bits per heavy atom. The number of carboxylic acids is 1. The van der Waals surface area contributed by atoms with Gasteiger partial charge in [0, 0.05) is 49.7 Å². The highest BCUT2D eigenvalue weighted by Crippen LogP contribution is 2.24. The van der Waals surface area contributed by atoms with Crippen LogP contribution in [0.5, 0.6) is 0 Å². The number of benzene rings is 1. The highest BCUT2D eigenvalue weighted by molar-refractivity contribution is 5.96. The zero-order chi connectivity index (χ0) is 26.3. The monoisotopic (exact) mass is 521 g/mol. The van der Waals surface area contributed by atoms with Gasteiger partial charge in [0.25, 0.3) is 5.91 Å². The first-order valence-corrected chi connectivity index (χ1v) is 14.0. The van der Waals surface area contributed by atoms with Crippen molar-refractivity contribution in [3.8, 4) is 0 Å². The Morgan fingerprint density at radius 2 is 1.95 bits per heavy atom. The van der Waals surface area contributed by atoms with Crippen molar-refractivity contribution in [1.29, 1.82) is 0 Å². The molecule has 1 unspecified atom stereocenters. The molecular weight excluding hydrogens is 482 g/mol. The number of nitrogens with one attached hydrogen (secondary N) is 2. The SMILES string of the molecule is O=C(NC(CCN1CC[C@H](CCc2ccc3c(n2)NCCC3)C1)C(=O)O)c1ccc(N2CCOCC2)cc1. The molecule has 3 N–H and O–H groups in total. The van der Waals surface area contributed by atoms with E-state index in [2.05, 4.69) is 32.6 Å². The summed E-state index contributed by atoms with van der Waals surface area (Å²) in [6, 6.07) is 10.8. The molecule has 1 aromatic heterocycles. The molecule has 3 aliphatic rings. The molecule has 3 aliphatic heterocycles. The second kappa shape index (κ2) is 12.6. The number of fused-ring (bicyclic) bond motifs is 1. The summed E-state index contributed by atoms with van der Waals surface area (Å²) in [4.78, 5) is 34.0. The fourth-order valence-electron chi connectivity index (χ4n) is 5.67. The molecule has 0 aliphatic carbocycles. The second-order valence-corrected chi connectivity index (χ2v) is 10.6. The van der Waals surface area contributed by atoms with Crippen LogP contribution in [-0.4, -0.2) is 85.4 Å². The maximum atomic E-state index is 12.8. The number of carboxylic acid groups (broad SMARTS) is 1. The Morgan fingerprint density at radius 1 is 1.13 bits per heavy atom. The number of carbonyl (C=O) groups is 2. The van der Waals surface area contributed by atoms with E-state index < -0.39 is 12.0 Å². The van der Waals surface area contributed by atoms with E-state index >= 15 is 0 Å². The number of ether oxygens (including phenoxy) is 1. The van der Waals surface area contributed by atoms with Crippen LogP contribution < -0.4 is 15.5 Å². The van der Waals surface area contributed by atoms with E-state index in [9.17, 15) is 14.7 Å².